The van der Waals surface area contributed by atoms with Gasteiger partial charge in [-0.15, -0.1) is 0 Å². The highest BCUT2D eigenvalue weighted by Gasteiger charge is 2.28. The molecule has 2 heterocycles. The Hall–Kier alpha value is -2.27. The van der Waals surface area contributed by atoms with E-state index in [1.165, 1.54) is 0 Å². The third-order valence-corrected chi connectivity index (χ3v) is 5.12. The number of aromatic nitrogens is 2. The average molecular weight is 337 g/mol. The summed E-state index contributed by atoms with van der Waals surface area (Å²) in [5.74, 6) is 0.979. The van der Waals surface area contributed by atoms with Crippen molar-refractivity contribution in [1.82, 2.24) is 15.3 Å². The van der Waals surface area contributed by atoms with Gasteiger partial charge in [-0.25, -0.2) is 9.97 Å². The largest absolute Gasteiger partial charge is 0.381 e. The summed E-state index contributed by atoms with van der Waals surface area (Å²) in [6, 6.07) is 10.1. The first-order chi connectivity index (χ1) is 12.3. The topological polar surface area (TPSA) is 64.1 Å². The Bertz CT molecular complexity index is 742. The molecule has 0 unspecified atom stereocenters. The van der Waals surface area contributed by atoms with Crippen LogP contribution in [0.25, 0.3) is 11.4 Å². The van der Waals surface area contributed by atoms with E-state index in [0.717, 1.165) is 54.7 Å². The van der Waals surface area contributed by atoms with Gasteiger partial charge in [0, 0.05) is 42.1 Å². The fourth-order valence-electron chi connectivity index (χ4n) is 3.67. The van der Waals surface area contributed by atoms with E-state index in [-0.39, 0.29) is 17.9 Å². The number of carbonyl (C=O) groups is 1. The lowest BCUT2D eigenvalue weighted by Gasteiger charge is -2.28. The zero-order chi connectivity index (χ0) is 17.1. The molecule has 1 saturated heterocycles. The van der Waals surface area contributed by atoms with Gasteiger partial charge in [-0.05, 0) is 32.1 Å². The molecule has 1 aliphatic carbocycles. The van der Waals surface area contributed by atoms with E-state index in [0.29, 0.717) is 13.2 Å². The Morgan fingerprint density at radius 2 is 1.92 bits per heavy atom. The molecule has 1 N–H and O–H groups in total. The van der Waals surface area contributed by atoms with Gasteiger partial charge < -0.3 is 10.1 Å². The highest BCUT2D eigenvalue weighted by Crippen LogP contribution is 2.30. The number of nitrogens with one attached hydrogen (secondary N) is 1. The van der Waals surface area contributed by atoms with E-state index in [9.17, 15) is 4.79 Å². The smallest absolute Gasteiger partial charge is 0.223 e. The van der Waals surface area contributed by atoms with E-state index in [1.807, 2.05) is 36.5 Å². The number of carbonyl (C=O) groups excluding carboxylic acids is 1. The number of hydrogen-bond acceptors (Lipinski definition) is 4. The number of amides is 1. The highest BCUT2D eigenvalue weighted by atomic mass is 16.5. The lowest BCUT2D eigenvalue weighted by atomic mass is 9.91. The van der Waals surface area contributed by atoms with Crippen LogP contribution in [0.4, 0.5) is 0 Å². The second-order valence-electron chi connectivity index (χ2n) is 6.80. The molecule has 4 rings (SSSR count). The number of rotatable bonds is 3. The number of nitrogens with zero attached hydrogens (tertiary/aromatic N) is 2. The van der Waals surface area contributed by atoms with Crippen LogP contribution in [0.15, 0.2) is 36.5 Å². The summed E-state index contributed by atoms with van der Waals surface area (Å²) in [4.78, 5) is 21.9. The van der Waals surface area contributed by atoms with Gasteiger partial charge in [-0.1, -0.05) is 30.3 Å². The molecular formula is C20H23N3O2. The number of hydrogen-bond donors (Lipinski definition) is 1. The van der Waals surface area contributed by atoms with E-state index in [2.05, 4.69) is 10.3 Å². The van der Waals surface area contributed by atoms with Gasteiger partial charge in [0.05, 0.1) is 6.04 Å². The first-order valence-electron chi connectivity index (χ1n) is 9.10. The molecule has 1 aromatic heterocycles. The molecule has 1 aliphatic heterocycles. The molecule has 25 heavy (non-hydrogen) atoms. The van der Waals surface area contributed by atoms with E-state index >= 15 is 0 Å². The molecule has 5 heteroatoms. The van der Waals surface area contributed by atoms with Crippen molar-refractivity contribution in [2.75, 3.05) is 13.2 Å². The fraction of sp³-hybridized carbons (Fsp3) is 0.450. The summed E-state index contributed by atoms with van der Waals surface area (Å²) >= 11 is 0. The standard InChI is InChI=1S/C20H23N3O2/c24-20(15-9-11-25-12-10-15)23-18-8-4-7-17-16(18)13-21-19(22-17)14-5-2-1-3-6-14/h1-3,5-6,13,15,18H,4,7-12H2,(H,23,24)/t18-/m0/s1. The third kappa shape index (κ3) is 3.56. The van der Waals surface area contributed by atoms with Gasteiger partial charge in [0.2, 0.25) is 5.91 Å². The van der Waals surface area contributed by atoms with Gasteiger partial charge in [0.25, 0.3) is 0 Å². The second kappa shape index (κ2) is 7.31. The molecule has 0 spiro atoms. The Labute approximate surface area is 147 Å². The summed E-state index contributed by atoms with van der Waals surface area (Å²) in [5.41, 5.74) is 3.17. The third-order valence-electron chi connectivity index (χ3n) is 5.12. The lowest BCUT2D eigenvalue weighted by molar-refractivity contribution is -0.128. The predicted octanol–water partition coefficient (Wildman–Crippen LogP) is 3.06. The Kier molecular flexibility index (Phi) is 4.74. The maximum absolute atomic E-state index is 12.6. The molecule has 1 atom stereocenters. The normalized spacial score (nSPS) is 20.7. The van der Waals surface area contributed by atoms with Crippen molar-refractivity contribution in [3.8, 4) is 11.4 Å². The quantitative estimate of drug-likeness (QED) is 0.935. The Balaban J connectivity index is 1.52. The summed E-state index contributed by atoms with van der Waals surface area (Å²) in [7, 11) is 0. The van der Waals surface area contributed by atoms with Crippen LogP contribution >= 0.6 is 0 Å². The van der Waals surface area contributed by atoms with Crippen molar-refractivity contribution in [3.63, 3.8) is 0 Å². The molecule has 0 bridgehead atoms. The molecule has 0 saturated carbocycles. The molecule has 2 aromatic rings. The van der Waals surface area contributed by atoms with Crippen molar-refractivity contribution in [2.45, 2.75) is 38.1 Å². The molecule has 1 fully saturated rings. The highest BCUT2D eigenvalue weighted by molar-refractivity contribution is 5.79. The Morgan fingerprint density at radius 3 is 2.72 bits per heavy atom. The molecule has 5 nitrogen and oxygen atoms in total. The minimum absolute atomic E-state index is 0.0314. The molecule has 130 valence electrons. The van der Waals surface area contributed by atoms with Crippen molar-refractivity contribution < 1.29 is 9.53 Å². The van der Waals surface area contributed by atoms with Crippen LogP contribution in [0.1, 0.15) is 43.0 Å². The van der Waals surface area contributed by atoms with Crippen LogP contribution in [0.3, 0.4) is 0 Å². The number of benzene rings is 1. The van der Waals surface area contributed by atoms with Gasteiger partial charge in [0.15, 0.2) is 5.82 Å². The van der Waals surface area contributed by atoms with Crippen molar-refractivity contribution >= 4 is 5.91 Å². The van der Waals surface area contributed by atoms with Gasteiger partial charge in [-0.3, -0.25) is 4.79 Å². The minimum Gasteiger partial charge on any atom is -0.381 e. The molecule has 1 aromatic carbocycles. The number of fused-ring (bicyclic) bond motifs is 1. The maximum atomic E-state index is 12.6. The van der Waals surface area contributed by atoms with Crippen molar-refractivity contribution in [3.05, 3.63) is 47.8 Å². The van der Waals surface area contributed by atoms with Crippen LogP contribution < -0.4 is 5.32 Å². The minimum atomic E-state index is 0.0314. The van der Waals surface area contributed by atoms with Gasteiger partial charge >= 0.3 is 0 Å². The van der Waals surface area contributed by atoms with Crippen molar-refractivity contribution in [2.24, 2.45) is 5.92 Å². The monoisotopic (exact) mass is 337 g/mol. The molecule has 0 radical (unpaired) electrons. The first-order valence-corrected chi connectivity index (χ1v) is 9.10. The van der Waals surface area contributed by atoms with E-state index in [1.54, 1.807) is 0 Å². The summed E-state index contributed by atoms with van der Waals surface area (Å²) in [5, 5.41) is 3.23. The average Bonchev–Trinajstić information content (AvgIpc) is 2.69. The summed E-state index contributed by atoms with van der Waals surface area (Å²) in [6.45, 7) is 1.37. The van der Waals surface area contributed by atoms with Crippen LogP contribution in [0, 0.1) is 5.92 Å². The number of aryl methyl sites for hydroxylation is 1. The molecule has 1 amide bonds. The number of ether oxygens (including phenoxy) is 1. The van der Waals surface area contributed by atoms with Crippen LogP contribution in [0.2, 0.25) is 0 Å². The predicted molar refractivity (Wildman–Crippen MR) is 94.8 cm³/mol. The fourth-order valence-corrected chi connectivity index (χ4v) is 3.67. The summed E-state index contributed by atoms with van der Waals surface area (Å²) in [6.07, 6.45) is 6.47. The van der Waals surface area contributed by atoms with E-state index < -0.39 is 0 Å². The Morgan fingerprint density at radius 1 is 1.12 bits per heavy atom. The maximum Gasteiger partial charge on any atom is 0.223 e. The van der Waals surface area contributed by atoms with Crippen LogP contribution in [-0.4, -0.2) is 29.1 Å². The lowest BCUT2D eigenvalue weighted by Crippen LogP contribution is -2.38. The zero-order valence-electron chi connectivity index (χ0n) is 14.3. The van der Waals surface area contributed by atoms with E-state index in [4.69, 9.17) is 9.72 Å². The van der Waals surface area contributed by atoms with Crippen molar-refractivity contribution in [1.29, 1.82) is 0 Å². The second-order valence-corrected chi connectivity index (χ2v) is 6.80. The molecule has 2 aliphatic rings. The molecular weight excluding hydrogens is 314 g/mol. The van der Waals surface area contributed by atoms with Crippen LogP contribution in [0.5, 0.6) is 0 Å². The SMILES string of the molecule is O=C(N[C@H]1CCCc2nc(-c3ccccc3)ncc21)C1CCOCC1. The van der Waals surface area contributed by atoms with Gasteiger partial charge in [-0.2, -0.15) is 0 Å². The first kappa shape index (κ1) is 16.2. The zero-order valence-corrected chi connectivity index (χ0v) is 14.3. The van der Waals surface area contributed by atoms with Gasteiger partial charge in [0.1, 0.15) is 0 Å². The van der Waals surface area contributed by atoms with Crippen LogP contribution in [-0.2, 0) is 16.0 Å². The summed E-state index contributed by atoms with van der Waals surface area (Å²) < 4.78 is 5.35.